The van der Waals surface area contributed by atoms with Crippen LogP contribution in [0, 0.1) is 11.6 Å². The van der Waals surface area contributed by atoms with E-state index >= 15 is 0 Å². The molecule has 1 aliphatic rings. The number of carbonyl (C=O) groups is 2. The van der Waals surface area contributed by atoms with Crippen molar-refractivity contribution in [1.82, 2.24) is 0 Å². The zero-order valence-electron chi connectivity index (χ0n) is 8.99. The molecule has 0 bridgehead atoms. The molecule has 1 aliphatic heterocycles. The summed E-state index contributed by atoms with van der Waals surface area (Å²) in [6, 6.07) is 1.26. The number of nitrogens with zero attached hydrogens (tertiary/aromatic N) is 1. The fourth-order valence-electron chi connectivity index (χ4n) is 1.83. The molecule has 1 atom stereocenters. The standard InChI is InChI=1S/C11H8ClF2NO3/c12-5-1-10(16)15(4-5)9-3-8(14)7(13)2-6(9)11(17)18/h2-3,5H,1,4H2,(H,17,18). The molecule has 1 fully saturated rings. The fraction of sp³-hybridized carbons (Fsp3) is 0.273. The molecule has 1 aromatic carbocycles. The van der Waals surface area contributed by atoms with Gasteiger partial charge in [-0.3, -0.25) is 4.79 Å². The van der Waals surface area contributed by atoms with Crippen LogP contribution in [0.15, 0.2) is 12.1 Å². The van der Waals surface area contributed by atoms with Crippen molar-refractivity contribution in [3.8, 4) is 0 Å². The van der Waals surface area contributed by atoms with E-state index < -0.39 is 34.5 Å². The minimum atomic E-state index is -1.44. The Balaban J connectivity index is 2.52. The van der Waals surface area contributed by atoms with Gasteiger partial charge in [0.15, 0.2) is 11.6 Å². The molecule has 0 spiro atoms. The maximum absolute atomic E-state index is 13.2. The number of carbonyl (C=O) groups excluding carboxylic acids is 1. The second-order valence-electron chi connectivity index (χ2n) is 3.89. The number of alkyl halides is 1. The van der Waals surface area contributed by atoms with Gasteiger partial charge in [-0.15, -0.1) is 11.6 Å². The van der Waals surface area contributed by atoms with E-state index in [0.29, 0.717) is 12.1 Å². The van der Waals surface area contributed by atoms with Gasteiger partial charge in [-0.1, -0.05) is 0 Å². The molecule has 1 amide bonds. The summed E-state index contributed by atoms with van der Waals surface area (Å²) < 4.78 is 26.2. The number of amides is 1. The Morgan fingerprint density at radius 2 is 2.00 bits per heavy atom. The third kappa shape index (κ3) is 2.15. The number of carboxylic acids is 1. The summed E-state index contributed by atoms with van der Waals surface area (Å²) in [7, 11) is 0. The first-order chi connectivity index (χ1) is 8.40. The molecule has 1 N–H and O–H groups in total. The van der Waals surface area contributed by atoms with E-state index in [-0.39, 0.29) is 18.7 Å². The van der Waals surface area contributed by atoms with Gasteiger partial charge in [0.25, 0.3) is 0 Å². The second-order valence-corrected chi connectivity index (χ2v) is 4.51. The van der Waals surface area contributed by atoms with Crippen molar-refractivity contribution in [2.45, 2.75) is 11.8 Å². The molecule has 0 aromatic heterocycles. The zero-order valence-corrected chi connectivity index (χ0v) is 9.75. The highest BCUT2D eigenvalue weighted by Crippen LogP contribution is 2.29. The van der Waals surface area contributed by atoms with Gasteiger partial charge in [0.05, 0.1) is 16.6 Å². The van der Waals surface area contributed by atoms with E-state index in [2.05, 4.69) is 0 Å². The summed E-state index contributed by atoms with van der Waals surface area (Å²) in [5, 5.41) is 8.47. The predicted octanol–water partition coefficient (Wildman–Crippen LogP) is 2.01. The summed E-state index contributed by atoms with van der Waals surface area (Å²) in [5.41, 5.74) is -0.637. The molecule has 7 heteroatoms. The Morgan fingerprint density at radius 3 is 2.50 bits per heavy atom. The molecule has 18 heavy (non-hydrogen) atoms. The van der Waals surface area contributed by atoms with Crippen molar-refractivity contribution in [2.24, 2.45) is 0 Å². The van der Waals surface area contributed by atoms with Gasteiger partial charge in [-0.05, 0) is 6.07 Å². The summed E-state index contributed by atoms with van der Waals surface area (Å²) >= 11 is 5.78. The van der Waals surface area contributed by atoms with Crippen molar-refractivity contribution in [2.75, 3.05) is 11.4 Å². The van der Waals surface area contributed by atoms with Gasteiger partial charge in [0.2, 0.25) is 5.91 Å². The second kappa shape index (κ2) is 4.53. The van der Waals surface area contributed by atoms with E-state index in [0.717, 1.165) is 4.90 Å². The third-order valence-corrected chi connectivity index (χ3v) is 2.93. The zero-order chi connectivity index (χ0) is 13.4. The van der Waals surface area contributed by atoms with Gasteiger partial charge in [-0.25, -0.2) is 13.6 Å². The molecular weight excluding hydrogens is 268 g/mol. The number of carboxylic acid groups (broad SMARTS) is 1. The smallest absolute Gasteiger partial charge is 0.337 e. The molecule has 1 heterocycles. The maximum Gasteiger partial charge on any atom is 0.337 e. The average molecular weight is 276 g/mol. The number of benzene rings is 1. The van der Waals surface area contributed by atoms with Crippen LogP contribution in [0.1, 0.15) is 16.8 Å². The van der Waals surface area contributed by atoms with Crippen LogP contribution < -0.4 is 4.90 Å². The van der Waals surface area contributed by atoms with E-state index in [9.17, 15) is 18.4 Å². The normalized spacial score (nSPS) is 19.4. The SMILES string of the molecule is O=C(O)c1cc(F)c(F)cc1N1CC(Cl)CC1=O. The van der Waals surface area contributed by atoms with Crippen LogP contribution in [0.2, 0.25) is 0 Å². The lowest BCUT2D eigenvalue weighted by Gasteiger charge is -2.18. The van der Waals surface area contributed by atoms with Crippen LogP contribution in [0.3, 0.4) is 0 Å². The van der Waals surface area contributed by atoms with E-state index in [1.165, 1.54) is 0 Å². The summed E-state index contributed by atoms with van der Waals surface area (Å²) in [6.45, 7) is 0.0751. The molecule has 0 radical (unpaired) electrons. The highest BCUT2D eigenvalue weighted by Gasteiger charge is 2.32. The first kappa shape index (κ1) is 12.8. The summed E-state index contributed by atoms with van der Waals surface area (Å²) in [6.07, 6.45) is 0.0413. The van der Waals surface area contributed by atoms with Crippen LogP contribution in [0.5, 0.6) is 0 Å². The van der Waals surface area contributed by atoms with E-state index in [1.807, 2.05) is 0 Å². The van der Waals surface area contributed by atoms with E-state index in [1.54, 1.807) is 0 Å². The molecular formula is C11H8ClF2NO3. The molecule has 1 aromatic rings. The first-order valence-corrected chi connectivity index (χ1v) is 5.50. The largest absolute Gasteiger partial charge is 0.478 e. The van der Waals surface area contributed by atoms with Crippen molar-refractivity contribution in [3.05, 3.63) is 29.3 Å². The van der Waals surface area contributed by atoms with Crippen LogP contribution in [-0.2, 0) is 4.79 Å². The first-order valence-electron chi connectivity index (χ1n) is 5.07. The number of hydrogen-bond acceptors (Lipinski definition) is 2. The minimum Gasteiger partial charge on any atom is -0.478 e. The number of halogens is 3. The maximum atomic E-state index is 13.2. The van der Waals surface area contributed by atoms with Gasteiger partial charge in [0.1, 0.15) is 0 Å². The molecule has 1 saturated heterocycles. The lowest BCUT2D eigenvalue weighted by Crippen LogP contribution is -2.27. The fourth-order valence-corrected chi connectivity index (χ4v) is 2.10. The predicted molar refractivity (Wildman–Crippen MR) is 59.9 cm³/mol. The Morgan fingerprint density at radius 1 is 1.39 bits per heavy atom. The lowest BCUT2D eigenvalue weighted by atomic mass is 10.1. The quantitative estimate of drug-likeness (QED) is 0.840. The highest BCUT2D eigenvalue weighted by molar-refractivity contribution is 6.24. The Hall–Kier alpha value is -1.69. The molecule has 96 valence electrons. The number of rotatable bonds is 2. The van der Waals surface area contributed by atoms with Crippen molar-refractivity contribution < 1.29 is 23.5 Å². The minimum absolute atomic E-state index is 0.0413. The van der Waals surface area contributed by atoms with E-state index in [4.69, 9.17) is 16.7 Å². The van der Waals surface area contributed by atoms with Crippen LogP contribution in [0.25, 0.3) is 0 Å². The molecule has 2 rings (SSSR count). The van der Waals surface area contributed by atoms with Crippen molar-refractivity contribution in [3.63, 3.8) is 0 Å². The monoisotopic (exact) mass is 275 g/mol. The number of anilines is 1. The van der Waals surface area contributed by atoms with Gasteiger partial charge in [0, 0.05) is 19.0 Å². The van der Waals surface area contributed by atoms with Crippen molar-refractivity contribution >= 4 is 29.2 Å². The van der Waals surface area contributed by atoms with Gasteiger partial charge < -0.3 is 10.0 Å². The Labute approximate surface area is 106 Å². The molecule has 0 aliphatic carbocycles. The van der Waals surface area contributed by atoms with Crippen LogP contribution >= 0.6 is 11.6 Å². The Bertz CT molecular complexity index is 535. The topological polar surface area (TPSA) is 57.6 Å². The lowest BCUT2D eigenvalue weighted by molar-refractivity contribution is -0.117. The molecule has 1 unspecified atom stereocenters. The number of hydrogen-bond donors (Lipinski definition) is 1. The molecule has 4 nitrogen and oxygen atoms in total. The van der Waals surface area contributed by atoms with Gasteiger partial charge >= 0.3 is 5.97 Å². The third-order valence-electron chi connectivity index (χ3n) is 2.64. The summed E-state index contributed by atoms with van der Waals surface area (Å²) in [5.74, 6) is -4.33. The summed E-state index contributed by atoms with van der Waals surface area (Å²) in [4.78, 5) is 23.6. The molecule has 0 saturated carbocycles. The van der Waals surface area contributed by atoms with Crippen LogP contribution in [0.4, 0.5) is 14.5 Å². The number of aromatic carboxylic acids is 1. The van der Waals surface area contributed by atoms with Crippen LogP contribution in [-0.4, -0.2) is 28.9 Å². The highest BCUT2D eigenvalue weighted by atomic mass is 35.5. The van der Waals surface area contributed by atoms with Crippen molar-refractivity contribution in [1.29, 1.82) is 0 Å². The van der Waals surface area contributed by atoms with Gasteiger partial charge in [-0.2, -0.15) is 0 Å². The Kier molecular flexibility index (Phi) is 3.21. The average Bonchev–Trinajstić information content (AvgIpc) is 2.61.